The Kier molecular flexibility index (Phi) is 5.72. The molecule has 0 radical (unpaired) electrons. The zero-order valence-electron chi connectivity index (χ0n) is 15.4. The molecule has 8 heteroatoms. The summed E-state index contributed by atoms with van der Waals surface area (Å²) in [5, 5.41) is 2.63. The number of methoxy groups -OCH3 is 1. The van der Waals surface area contributed by atoms with Crippen molar-refractivity contribution in [3.8, 4) is 5.75 Å². The van der Waals surface area contributed by atoms with Gasteiger partial charge in [0.25, 0.3) is 11.5 Å². The van der Waals surface area contributed by atoms with Crippen LogP contribution in [0, 0.1) is 0 Å². The van der Waals surface area contributed by atoms with Crippen LogP contribution in [0.5, 0.6) is 5.75 Å². The van der Waals surface area contributed by atoms with Crippen LogP contribution < -0.4 is 15.6 Å². The van der Waals surface area contributed by atoms with Gasteiger partial charge in [0.15, 0.2) is 0 Å². The number of nitrogens with one attached hydrogen (secondary N) is 1. The number of carbonyl (C=O) groups is 1. The number of hydrogen-bond acceptors (Lipinski definition) is 3. The van der Waals surface area contributed by atoms with E-state index in [1.165, 1.54) is 42.1 Å². The summed E-state index contributed by atoms with van der Waals surface area (Å²) in [6, 6.07) is 14.1. The molecule has 1 amide bonds. The van der Waals surface area contributed by atoms with Crippen molar-refractivity contribution in [1.29, 1.82) is 0 Å². The maximum Gasteiger partial charge on any atom is 0.416 e. The molecule has 3 rings (SSSR count). The molecular weight excluding hydrogens is 385 g/mol. The van der Waals surface area contributed by atoms with Gasteiger partial charge in [0.05, 0.1) is 19.2 Å². The molecule has 0 bridgehead atoms. The molecule has 0 unspecified atom stereocenters. The Balaban J connectivity index is 1.78. The van der Waals surface area contributed by atoms with Crippen molar-refractivity contribution in [3.63, 3.8) is 0 Å². The van der Waals surface area contributed by atoms with Gasteiger partial charge < -0.3 is 14.6 Å². The summed E-state index contributed by atoms with van der Waals surface area (Å²) >= 11 is 0. The predicted octanol–water partition coefficient (Wildman–Crippen LogP) is 4.18. The molecule has 29 heavy (non-hydrogen) atoms. The van der Waals surface area contributed by atoms with E-state index in [-0.39, 0.29) is 12.1 Å². The third kappa shape index (κ3) is 4.84. The highest BCUT2D eigenvalue weighted by Crippen LogP contribution is 2.29. The maximum atomic E-state index is 12.7. The van der Waals surface area contributed by atoms with Gasteiger partial charge in [-0.05, 0) is 54.1 Å². The minimum atomic E-state index is -4.42. The van der Waals surface area contributed by atoms with E-state index in [0.717, 1.165) is 12.1 Å². The molecule has 0 atom stereocenters. The minimum absolute atomic E-state index is 0.0423. The number of halogens is 3. The number of carbonyl (C=O) groups excluding carboxylic acids is 1. The highest BCUT2D eigenvalue weighted by atomic mass is 19.4. The van der Waals surface area contributed by atoms with E-state index in [1.54, 1.807) is 24.3 Å². The lowest BCUT2D eigenvalue weighted by Crippen LogP contribution is -2.29. The maximum absolute atomic E-state index is 12.7. The van der Waals surface area contributed by atoms with E-state index in [1.807, 2.05) is 0 Å². The van der Waals surface area contributed by atoms with Gasteiger partial charge in [-0.25, -0.2) is 0 Å². The van der Waals surface area contributed by atoms with E-state index in [9.17, 15) is 22.8 Å². The van der Waals surface area contributed by atoms with E-state index >= 15 is 0 Å². The standard InChI is InChI=1S/C21H17F3N2O3/c1-29-17-10-8-16(9-11-17)25-19(27)18-3-2-12-26(20(18)28)13-14-4-6-15(7-5-14)21(22,23)24/h2-12H,13H2,1H3,(H,25,27). The highest BCUT2D eigenvalue weighted by Gasteiger charge is 2.29. The molecule has 5 nitrogen and oxygen atoms in total. The summed E-state index contributed by atoms with van der Waals surface area (Å²) in [5.74, 6) is 0.0449. The normalized spacial score (nSPS) is 11.2. The Morgan fingerprint density at radius 2 is 1.69 bits per heavy atom. The molecule has 0 saturated carbocycles. The number of anilines is 1. The van der Waals surface area contributed by atoms with Crippen LogP contribution in [-0.4, -0.2) is 17.6 Å². The Morgan fingerprint density at radius 1 is 1.03 bits per heavy atom. The number of aromatic nitrogens is 1. The zero-order chi connectivity index (χ0) is 21.0. The fourth-order valence-corrected chi connectivity index (χ4v) is 2.70. The van der Waals surface area contributed by atoms with Crippen LogP contribution in [0.15, 0.2) is 71.7 Å². The van der Waals surface area contributed by atoms with Crippen molar-refractivity contribution in [2.45, 2.75) is 12.7 Å². The van der Waals surface area contributed by atoms with Gasteiger partial charge in [0, 0.05) is 11.9 Å². The summed E-state index contributed by atoms with van der Waals surface area (Å²) in [4.78, 5) is 25.1. The fraction of sp³-hybridized carbons (Fsp3) is 0.143. The van der Waals surface area contributed by atoms with Crippen LogP contribution in [0.3, 0.4) is 0 Å². The van der Waals surface area contributed by atoms with E-state index in [2.05, 4.69) is 5.32 Å². The summed E-state index contributed by atoms with van der Waals surface area (Å²) in [7, 11) is 1.52. The summed E-state index contributed by atoms with van der Waals surface area (Å²) < 4.78 is 44.3. The van der Waals surface area contributed by atoms with Gasteiger partial charge in [-0.3, -0.25) is 9.59 Å². The second-order valence-electron chi connectivity index (χ2n) is 6.23. The van der Waals surface area contributed by atoms with Crippen molar-refractivity contribution in [1.82, 2.24) is 4.57 Å². The van der Waals surface area contributed by atoms with Crippen molar-refractivity contribution in [2.24, 2.45) is 0 Å². The van der Waals surface area contributed by atoms with Crippen molar-refractivity contribution < 1.29 is 22.7 Å². The number of benzene rings is 2. The quantitative estimate of drug-likeness (QED) is 0.697. The highest BCUT2D eigenvalue weighted by molar-refractivity contribution is 6.04. The Morgan fingerprint density at radius 3 is 2.28 bits per heavy atom. The monoisotopic (exact) mass is 402 g/mol. The molecule has 2 aromatic carbocycles. The zero-order valence-corrected chi connectivity index (χ0v) is 15.4. The number of pyridine rings is 1. The van der Waals surface area contributed by atoms with E-state index < -0.39 is 23.2 Å². The molecule has 1 N–H and O–H groups in total. The number of hydrogen-bond donors (Lipinski definition) is 1. The smallest absolute Gasteiger partial charge is 0.416 e. The molecule has 3 aromatic rings. The van der Waals surface area contributed by atoms with Gasteiger partial charge in [-0.15, -0.1) is 0 Å². The van der Waals surface area contributed by atoms with Gasteiger partial charge in [0.2, 0.25) is 0 Å². The molecular formula is C21H17F3N2O3. The molecule has 150 valence electrons. The topological polar surface area (TPSA) is 60.3 Å². The molecule has 0 aliphatic heterocycles. The average Bonchev–Trinajstić information content (AvgIpc) is 2.70. The van der Waals surface area contributed by atoms with Crippen molar-refractivity contribution in [2.75, 3.05) is 12.4 Å². The first-order valence-corrected chi connectivity index (χ1v) is 8.59. The van der Waals surface area contributed by atoms with Gasteiger partial charge >= 0.3 is 6.18 Å². The molecule has 0 aliphatic carbocycles. The van der Waals surface area contributed by atoms with Gasteiger partial charge in [-0.2, -0.15) is 13.2 Å². The minimum Gasteiger partial charge on any atom is -0.497 e. The molecule has 0 fully saturated rings. The SMILES string of the molecule is COc1ccc(NC(=O)c2cccn(Cc3ccc(C(F)(F)F)cc3)c2=O)cc1. The molecule has 1 heterocycles. The Hall–Kier alpha value is -3.55. The molecule has 1 aromatic heterocycles. The van der Waals surface area contributed by atoms with Crippen molar-refractivity contribution in [3.05, 3.63) is 93.9 Å². The first-order chi connectivity index (χ1) is 13.8. The Bertz CT molecular complexity index is 1060. The second-order valence-corrected chi connectivity index (χ2v) is 6.23. The largest absolute Gasteiger partial charge is 0.497 e. The first-order valence-electron chi connectivity index (χ1n) is 8.59. The van der Waals surface area contributed by atoms with Crippen LogP contribution in [0.1, 0.15) is 21.5 Å². The second kappa shape index (κ2) is 8.22. The number of alkyl halides is 3. The number of rotatable bonds is 5. The Labute approximate surface area is 164 Å². The molecule has 0 spiro atoms. The predicted molar refractivity (Wildman–Crippen MR) is 102 cm³/mol. The van der Waals surface area contributed by atoms with Crippen molar-refractivity contribution >= 4 is 11.6 Å². The number of ether oxygens (including phenoxy) is 1. The lowest BCUT2D eigenvalue weighted by Gasteiger charge is -2.11. The van der Waals surface area contributed by atoms with Crippen LogP contribution in [0.25, 0.3) is 0 Å². The third-order valence-electron chi connectivity index (χ3n) is 4.25. The number of nitrogens with zero attached hydrogens (tertiary/aromatic N) is 1. The van der Waals surface area contributed by atoms with E-state index in [0.29, 0.717) is 17.0 Å². The van der Waals surface area contributed by atoms with Crippen LogP contribution in [-0.2, 0) is 12.7 Å². The van der Waals surface area contributed by atoms with Gasteiger partial charge in [-0.1, -0.05) is 12.1 Å². The van der Waals surface area contributed by atoms with Crippen LogP contribution >= 0.6 is 0 Å². The first kappa shape index (κ1) is 20.2. The van der Waals surface area contributed by atoms with Crippen LogP contribution in [0.4, 0.5) is 18.9 Å². The van der Waals surface area contributed by atoms with Gasteiger partial charge in [0.1, 0.15) is 11.3 Å². The average molecular weight is 402 g/mol. The lowest BCUT2D eigenvalue weighted by atomic mass is 10.1. The summed E-state index contributed by atoms with van der Waals surface area (Å²) in [5.41, 5.74) is -0.379. The summed E-state index contributed by atoms with van der Waals surface area (Å²) in [6.45, 7) is 0.0423. The third-order valence-corrected chi connectivity index (χ3v) is 4.25. The van der Waals surface area contributed by atoms with Crippen LogP contribution in [0.2, 0.25) is 0 Å². The summed E-state index contributed by atoms with van der Waals surface area (Å²) in [6.07, 6.45) is -2.95. The lowest BCUT2D eigenvalue weighted by molar-refractivity contribution is -0.137. The fourth-order valence-electron chi connectivity index (χ4n) is 2.70. The molecule has 0 aliphatic rings. The van der Waals surface area contributed by atoms with E-state index in [4.69, 9.17) is 4.74 Å². The number of amides is 1. The molecule has 0 saturated heterocycles.